The zero-order chi connectivity index (χ0) is 25.2. The molecule has 10 heteroatoms. The fourth-order valence-corrected chi connectivity index (χ4v) is 3.64. The number of rotatable bonds is 5. The lowest BCUT2D eigenvalue weighted by molar-refractivity contribution is -0.136. The molecule has 1 aromatic heterocycles. The molecule has 0 atom stereocenters. The molecule has 0 fully saturated rings. The maximum Gasteiger partial charge on any atom is 0.418 e. The highest BCUT2D eigenvalue weighted by Crippen LogP contribution is 2.40. The first-order valence-electron chi connectivity index (χ1n) is 10.1. The maximum atomic E-state index is 13.9. The summed E-state index contributed by atoms with van der Waals surface area (Å²) in [6.07, 6.45) is -3.67. The van der Waals surface area contributed by atoms with E-state index in [1.54, 1.807) is 24.3 Å². The van der Waals surface area contributed by atoms with Crippen LogP contribution in [0.1, 0.15) is 22.3 Å². The van der Waals surface area contributed by atoms with E-state index in [-0.39, 0.29) is 45.1 Å². The van der Waals surface area contributed by atoms with Crippen molar-refractivity contribution >= 4 is 39.6 Å². The van der Waals surface area contributed by atoms with Gasteiger partial charge in [-0.05, 0) is 48.0 Å². The van der Waals surface area contributed by atoms with Crippen molar-refractivity contribution in [2.75, 3.05) is 10.6 Å². The van der Waals surface area contributed by atoms with Gasteiger partial charge >= 0.3 is 6.18 Å². The second-order valence-electron chi connectivity index (χ2n) is 7.49. The molecule has 2 N–H and O–H groups in total. The molecule has 0 amide bonds. The minimum Gasteiger partial charge on any atom is -0.381 e. The average Bonchev–Trinajstić information content (AvgIpc) is 2.84. The van der Waals surface area contributed by atoms with Gasteiger partial charge < -0.3 is 10.6 Å². The van der Waals surface area contributed by atoms with Gasteiger partial charge in [0.05, 0.1) is 39.0 Å². The molecule has 0 saturated carbocycles. The van der Waals surface area contributed by atoms with Gasteiger partial charge in [0.15, 0.2) is 0 Å². The summed E-state index contributed by atoms with van der Waals surface area (Å²) >= 11 is 5.83. The lowest BCUT2D eigenvalue weighted by Crippen LogP contribution is -2.10. The SMILES string of the molecule is N#Cc1ccc(CNc2cc(C(F)(F)F)c3ncc(C#N)c(Nc4ccc(F)c(Cl)c4)c3c2)cc1. The number of halogens is 5. The Kier molecular flexibility index (Phi) is 6.46. The Hall–Kier alpha value is -4.34. The van der Waals surface area contributed by atoms with Crippen LogP contribution < -0.4 is 10.6 Å². The van der Waals surface area contributed by atoms with Crippen LogP contribution in [-0.2, 0) is 12.7 Å². The normalized spacial score (nSPS) is 11.1. The third-order valence-electron chi connectivity index (χ3n) is 5.17. The summed E-state index contributed by atoms with van der Waals surface area (Å²) in [5.74, 6) is -0.661. The monoisotopic (exact) mass is 495 g/mol. The summed E-state index contributed by atoms with van der Waals surface area (Å²) in [6.45, 7) is 0.191. The first-order valence-corrected chi connectivity index (χ1v) is 10.5. The van der Waals surface area contributed by atoms with Crippen LogP contribution in [0.5, 0.6) is 0 Å². The Morgan fingerprint density at radius 2 is 1.69 bits per heavy atom. The number of anilines is 3. The molecule has 4 aromatic rings. The molecule has 0 aliphatic rings. The molecule has 4 rings (SSSR count). The fraction of sp³-hybridized carbons (Fsp3) is 0.0800. The fourth-order valence-electron chi connectivity index (χ4n) is 3.46. The molecular weight excluding hydrogens is 482 g/mol. The van der Waals surface area contributed by atoms with Crippen LogP contribution >= 0.6 is 11.6 Å². The summed E-state index contributed by atoms with van der Waals surface area (Å²) in [5.41, 5.74) is 0.378. The number of nitriles is 2. The quantitative estimate of drug-likeness (QED) is 0.287. The number of pyridine rings is 1. The predicted octanol–water partition coefficient (Wildman–Crippen LogP) is 7.15. The third-order valence-corrected chi connectivity index (χ3v) is 5.46. The number of hydrogen-bond donors (Lipinski definition) is 2. The second-order valence-corrected chi connectivity index (χ2v) is 7.90. The number of hydrogen-bond acceptors (Lipinski definition) is 5. The number of benzene rings is 3. The Labute approximate surface area is 202 Å². The van der Waals surface area contributed by atoms with Crippen molar-refractivity contribution in [3.63, 3.8) is 0 Å². The van der Waals surface area contributed by atoms with Crippen molar-refractivity contribution < 1.29 is 17.6 Å². The topological polar surface area (TPSA) is 84.5 Å². The van der Waals surface area contributed by atoms with E-state index in [1.165, 1.54) is 18.2 Å². The Morgan fingerprint density at radius 1 is 0.943 bits per heavy atom. The van der Waals surface area contributed by atoms with Crippen molar-refractivity contribution in [1.82, 2.24) is 4.98 Å². The highest BCUT2D eigenvalue weighted by Gasteiger charge is 2.34. The van der Waals surface area contributed by atoms with Crippen molar-refractivity contribution in [1.29, 1.82) is 10.5 Å². The second kappa shape index (κ2) is 9.49. The molecule has 0 spiro atoms. The highest BCUT2D eigenvalue weighted by atomic mass is 35.5. The van der Waals surface area contributed by atoms with Crippen LogP contribution in [0, 0.1) is 28.5 Å². The molecule has 1 heterocycles. The first kappa shape index (κ1) is 23.8. The number of nitrogens with one attached hydrogen (secondary N) is 2. The third kappa shape index (κ3) is 5.11. The van der Waals surface area contributed by atoms with Crippen molar-refractivity contribution in [3.8, 4) is 12.1 Å². The Bertz CT molecular complexity index is 1500. The number of fused-ring (bicyclic) bond motifs is 1. The molecule has 35 heavy (non-hydrogen) atoms. The van der Waals surface area contributed by atoms with Crippen LogP contribution in [0.3, 0.4) is 0 Å². The first-order chi connectivity index (χ1) is 16.7. The molecule has 5 nitrogen and oxygen atoms in total. The van der Waals surface area contributed by atoms with Gasteiger partial charge in [-0.25, -0.2) is 4.39 Å². The molecule has 0 unspecified atom stereocenters. The van der Waals surface area contributed by atoms with E-state index < -0.39 is 17.6 Å². The van der Waals surface area contributed by atoms with E-state index in [0.717, 1.165) is 23.9 Å². The predicted molar refractivity (Wildman–Crippen MR) is 125 cm³/mol. The summed E-state index contributed by atoms with van der Waals surface area (Å²) < 4.78 is 55.4. The van der Waals surface area contributed by atoms with Crippen LogP contribution in [-0.4, -0.2) is 4.98 Å². The molecule has 3 aromatic carbocycles. The summed E-state index contributed by atoms with van der Waals surface area (Å²) in [4.78, 5) is 3.90. The van der Waals surface area contributed by atoms with Crippen molar-refractivity contribution in [2.24, 2.45) is 0 Å². The van der Waals surface area contributed by atoms with Gasteiger partial charge in [0, 0.05) is 29.5 Å². The van der Waals surface area contributed by atoms with E-state index in [9.17, 15) is 22.8 Å². The van der Waals surface area contributed by atoms with Gasteiger partial charge in [-0.1, -0.05) is 23.7 Å². The van der Waals surface area contributed by atoms with Gasteiger partial charge in [0.1, 0.15) is 11.9 Å². The summed E-state index contributed by atoms with van der Waals surface area (Å²) in [5, 5.41) is 24.2. The van der Waals surface area contributed by atoms with Gasteiger partial charge in [-0.15, -0.1) is 0 Å². The van der Waals surface area contributed by atoms with Crippen LogP contribution in [0.2, 0.25) is 5.02 Å². The molecule has 0 radical (unpaired) electrons. The largest absolute Gasteiger partial charge is 0.418 e. The lowest BCUT2D eigenvalue weighted by Gasteiger charge is -2.17. The Morgan fingerprint density at radius 3 is 2.31 bits per heavy atom. The van der Waals surface area contributed by atoms with Gasteiger partial charge in [-0.2, -0.15) is 23.7 Å². The van der Waals surface area contributed by atoms with Crippen molar-refractivity contribution in [3.05, 3.63) is 93.9 Å². The number of alkyl halides is 3. The smallest absolute Gasteiger partial charge is 0.381 e. The van der Waals surface area contributed by atoms with Crippen LogP contribution in [0.25, 0.3) is 10.9 Å². The molecule has 0 aliphatic heterocycles. The minimum absolute atomic E-state index is 0.00434. The molecule has 0 saturated heterocycles. The molecule has 174 valence electrons. The van der Waals surface area contributed by atoms with E-state index in [0.29, 0.717) is 5.56 Å². The van der Waals surface area contributed by atoms with Crippen LogP contribution in [0.15, 0.2) is 60.8 Å². The van der Waals surface area contributed by atoms with E-state index >= 15 is 0 Å². The van der Waals surface area contributed by atoms with E-state index in [4.69, 9.17) is 16.9 Å². The standard InChI is InChI=1S/C25H14ClF4N5/c26-21-9-17(5-6-22(21)27)35-23-16(11-32)13-34-24-19(23)7-18(8-20(24)25(28,29)30)33-12-15-3-1-14(10-31)2-4-15/h1-9,13,33H,12H2,(H,34,35). The van der Waals surface area contributed by atoms with Gasteiger partial charge in [-0.3, -0.25) is 4.98 Å². The molecule has 0 aliphatic carbocycles. The van der Waals surface area contributed by atoms with Gasteiger partial charge in [0.25, 0.3) is 0 Å². The Balaban J connectivity index is 1.82. The maximum absolute atomic E-state index is 13.9. The zero-order valence-electron chi connectivity index (χ0n) is 17.7. The average molecular weight is 496 g/mol. The van der Waals surface area contributed by atoms with Crippen molar-refractivity contribution in [2.45, 2.75) is 12.7 Å². The van der Waals surface area contributed by atoms with Gasteiger partial charge in [0.2, 0.25) is 0 Å². The zero-order valence-corrected chi connectivity index (χ0v) is 18.5. The number of nitrogens with zero attached hydrogens (tertiary/aromatic N) is 3. The van der Waals surface area contributed by atoms with E-state index in [2.05, 4.69) is 15.6 Å². The van der Waals surface area contributed by atoms with E-state index in [1.807, 2.05) is 12.1 Å². The highest BCUT2D eigenvalue weighted by molar-refractivity contribution is 6.31. The lowest BCUT2D eigenvalue weighted by atomic mass is 10.0. The van der Waals surface area contributed by atoms with Crippen LogP contribution in [0.4, 0.5) is 34.6 Å². The summed E-state index contributed by atoms with van der Waals surface area (Å²) in [7, 11) is 0. The molecular formula is C25H14ClF4N5. The minimum atomic E-state index is -4.72. The molecule has 0 bridgehead atoms. The number of aromatic nitrogens is 1. The summed E-state index contributed by atoms with van der Waals surface area (Å²) in [6, 6.07) is 16.6.